The van der Waals surface area contributed by atoms with Gasteiger partial charge in [0.25, 0.3) is 0 Å². The van der Waals surface area contributed by atoms with Gasteiger partial charge in [0.1, 0.15) is 0 Å². The Balaban J connectivity index is 2.99. The van der Waals surface area contributed by atoms with Crippen molar-refractivity contribution in [2.24, 2.45) is 0 Å². The van der Waals surface area contributed by atoms with Crippen molar-refractivity contribution in [3.8, 4) is 0 Å². The molecule has 0 aromatic carbocycles. The third-order valence-electron chi connectivity index (χ3n) is 2.37. The molecule has 0 aliphatic rings. The fourth-order valence-electron chi connectivity index (χ4n) is 1.50. The van der Waals surface area contributed by atoms with Gasteiger partial charge in [-0.05, 0) is 27.2 Å². The minimum Gasteiger partial charge on any atom is -0.257 e. The standard InChI is InChI=1S/C13H30N2/c1-5-6-7-8-9-10-11-12-14-15-13(2,3)4/h14-15H,5-12H2,1-4H3. The van der Waals surface area contributed by atoms with Gasteiger partial charge in [0.15, 0.2) is 0 Å². The van der Waals surface area contributed by atoms with Crippen LogP contribution in [-0.4, -0.2) is 12.1 Å². The topological polar surface area (TPSA) is 24.1 Å². The van der Waals surface area contributed by atoms with E-state index in [9.17, 15) is 0 Å². The molecule has 0 aliphatic heterocycles. The molecule has 0 aromatic heterocycles. The van der Waals surface area contributed by atoms with E-state index in [-0.39, 0.29) is 5.54 Å². The van der Waals surface area contributed by atoms with E-state index in [1.807, 2.05) is 0 Å². The molecule has 0 aliphatic carbocycles. The van der Waals surface area contributed by atoms with Crippen LogP contribution in [0.4, 0.5) is 0 Å². The van der Waals surface area contributed by atoms with Gasteiger partial charge in [-0.25, -0.2) is 0 Å². The van der Waals surface area contributed by atoms with Gasteiger partial charge >= 0.3 is 0 Å². The van der Waals surface area contributed by atoms with Crippen LogP contribution in [0, 0.1) is 0 Å². The Kier molecular flexibility index (Phi) is 9.12. The molecule has 15 heavy (non-hydrogen) atoms. The van der Waals surface area contributed by atoms with Crippen LogP contribution in [0.2, 0.25) is 0 Å². The van der Waals surface area contributed by atoms with Crippen LogP contribution in [0.15, 0.2) is 0 Å². The van der Waals surface area contributed by atoms with Crippen molar-refractivity contribution in [1.82, 2.24) is 10.9 Å². The molecule has 0 spiro atoms. The van der Waals surface area contributed by atoms with Crippen molar-refractivity contribution in [3.63, 3.8) is 0 Å². The van der Waals surface area contributed by atoms with Gasteiger partial charge < -0.3 is 0 Å². The van der Waals surface area contributed by atoms with E-state index in [0.717, 1.165) is 6.54 Å². The monoisotopic (exact) mass is 214 g/mol. The lowest BCUT2D eigenvalue weighted by Gasteiger charge is -2.21. The second-order valence-electron chi connectivity index (χ2n) is 5.42. The first-order valence-electron chi connectivity index (χ1n) is 6.56. The quantitative estimate of drug-likeness (QED) is 0.452. The van der Waals surface area contributed by atoms with Crippen molar-refractivity contribution in [3.05, 3.63) is 0 Å². The zero-order valence-corrected chi connectivity index (χ0v) is 11.2. The van der Waals surface area contributed by atoms with Crippen LogP contribution in [0.5, 0.6) is 0 Å². The molecule has 0 rings (SSSR count). The van der Waals surface area contributed by atoms with Crippen LogP contribution in [-0.2, 0) is 0 Å². The molecular formula is C13H30N2. The van der Waals surface area contributed by atoms with Gasteiger partial charge in [-0.3, -0.25) is 10.9 Å². The Labute approximate surface area is 96.2 Å². The molecule has 0 amide bonds. The van der Waals surface area contributed by atoms with Crippen LogP contribution >= 0.6 is 0 Å². The highest BCUT2D eigenvalue weighted by Gasteiger charge is 2.06. The van der Waals surface area contributed by atoms with E-state index in [2.05, 4.69) is 38.5 Å². The first-order chi connectivity index (χ1) is 7.06. The molecule has 0 heterocycles. The van der Waals surface area contributed by atoms with Crippen LogP contribution in [0.25, 0.3) is 0 Å². The number of rotatable bonds is 9. The van der Waals surface area contributed by atoms with Crippen molar-refractivity contribution in [2.75, 3.05) is 6.54 Å². The molecular weight excluding hydrogens is 184 g/mol. The van der Waals surface area contributed by atoms with E-state index >= 15 is 0 Å². The number of unbranched alkanes of at least 4 members (excludes halogenated alkanes) is 6. The molecule has 0 saturated carbocycles. The van der Waals surface area contributed by atoms with Gasteiger partial charge in [-0.15, -0.1) is 0 Å². The molecule has 0 bridgehead atoms. The minimum atomic E-state index is 0.182. The summed E-state index contributed by atoms with van der Waals surface area (Å²) < 4.78 is 0. The molecule has 0 fully saturated rings. The maximum Gasteiger partial charge on any atom is 0.0239 e. The first-order valence-corrected chi connectivity index (χ1v) is 6.56. The van der Waals surface area contributed by atoms with Crippen molar-refractivity contribution in [1.29, 1.82) is 0 Å². The van der Waals surface area contributed by atoms with Crippen molar-refractivity contribution < 1.29 is 0 Å². The predicted octanol–water partition coefficient (Wildman–Crippen LogP) is 3.63. The highest BCUT2D eigenvalue weighted by atomic mass is 15.4. The summed E-state index contributed by atoms with van der Waals surface area (Å²) in [5, 5.41) is 0. The summed E-state index contributed by atoms with van der Waals surface area (Å²) in [5.74, 6) is 0. The van der Waals surface area contributed by atoms with Gasteiger partial charge in [0, 0.05) is 12.1 Å². The number of hydrogen-bond donors (Lipinski definition) is 2. The van der Waals surface area contributed by atoms with Crippen LogP contribution in [0.3, 0.4) is 0 Å². The average molecular weight is 214 g/mol. The SMILES string of the molecule is CCCCCCCCCNNC(C)(C)C. The zero-order chi connectivity index (χ0) is 11.6. The lowest BCUT2D eigenvalue weighted by Crippen LogP contribution is -2.46. The third kappa shape index (κ3) is 13.9. The Morgan fingerprint density at radius 1 is 0.800 bits per heavy atom. The normalized spacial score (nSPS) is 12.0. The molecule has 0 atom stereocenters. The maximum atomic E-state index is 3.28. The molecule has 92 valence electrons. The van der Waals surface area contributed by atoms with E-state index in [1.165, 1.54) is 44.9 Å². The van der Waals surface area contributed by atoms with Gasteiger partial charge in [-0.1, -0.05) is 45.4 Å². The summed E-state index contributed by atoms with van der Waals surface area (Å²) >= 11 is 0. The number of hydrazine groups is 1. The van der Waals surface area contributed by atoms with E-state index < -0.39 is 0 Å². The highest BCUT2D eigenvalue weighted by Crippen LogP contribution is 2.06. The Morgan fingerprint density at radius 2 is 1.33 bits per heavy atom. The summed E-state index contributed by atoms with van der Waals surface area (Å²) in [5.41, 5.74) is 6.74. The molecule has 0 radical (unpaired) electrons. The second-order valence-corrected chi connectivity index (χ2v) is 5.42. The molecule has 2 N–H and O–H groups in total. The molecule has 2 heteroatoms. The van der Waals surface area contributed by atoms with Gasteiger partial charge in [-0.2, -0.15) is 0 Å². The lowest BCUT2D eigenvalue weighted by atomic mass is 10.1. The van der Waals surface area contributed by atoms with Gasteiger partial charge in [0.05, 0.1) is 0 Å². The summed E-state index contributed by atoms with van der Waals surface area (Å²) in [7, 11) is 0. The maximum absolute atomic E-state index is 3.28. The Bertz CT molecular complexity index is 127. The smallest absolute Gasteiger partial charge is 0.0239 e. The molecule has 2 nitrogen and oxygen atoms in total. The summed E-state index contributed by atoms with van der Waals surface area (Å²) in [6.07, 6.45) is 9.64. The fraction of sp³-hybridized carbons (Fsp3) is 1.00. The van der Waals surface area contributed by atoms with Crippen molar-refractivity contribution in [2.45, 2.75) is 78.2 Å². The third-order valence-corrected chi connectivity index (χ3v) is 2.37. The zero-order valence-electron chi connectivity index (χ0n) is 11.2. The highest BCUT2D eigenvalue weighted by molar-refractivity contribution is 4.66. The minimum absolute atomic E-state index is 0.182. The second kappa shape index (κ2) is 9.17. The Hall–Kier alpha value is -0.0800. The first kappa shape index (κ1) is 14.9. The lowest BCUT2D eigenvalue weighted by molar-refractivity contribution is 0.353. The molecule has 0 unspecified atom stereocenters. The fourth-order valence-corrected chi connectivity index (χ4v) is 1.50. The largest absolute Gasteiger partial charge is 0.257 e. The van der Waals surface area contributed by atoms with Crippen LogP contribution in [0.1, 0.15) is 72.6 Å². The average Bonchev–Trinajstić information content (AvgIpc) is 2.14. The molecule has 0 aromatic rings. The van der Waals surface area contributed by atoms with E-state index in [0.29, 0.717) is 0 Å². The molecule has 0 saturated heterocycles. The number of nitrogens with one attached hydrogen (secondary N) is 2. The van der Waals surface area contributed by atoms with Crippen LogP contribution < -0.4 is 10.9 Å². The summed E-state index contributed by atoms with van der Waals surface area (Å²) in [6, 6.07) is 0. The summed E-state index contributed by atoms with van der Waals surface area (Å²) in [4.78, 5) is 0. The van der Waals surface area contributed by atoms with Gasteiger partial charge in [0.2, 0.25) is 0 Å². The van der Waals surface area contributed by atoms with Crippen molar-refractivity contribution >= 4 is 0 Å². The Morgan fingerprint density at radius 3 is 1.87 bits per heavy atom. The van der Waals surface area contributed by atoms with E-state index in [1.54, 1.807) is 0 Å². The predicted molar refractivity (Wildman–Crippen MR) is 68.9 cm³/mol. The van der Waals surface area contributed by atoms with E-state index in [4.69, 9.17) is 0 Å². The summed E-state index contributed by atoms with van der Waals surface area (Å²) in [6.45, 7) is 9.87. The number of hydrogen-bond acceptors (Lipinski definition) is 2.